The van der Waals surface area contributed by atoms with Crippen molar-refractivity contribution in [3.8, 4) is 0 Å². The summed E-state index contributed by atoms with van der Waals surface area (Å²) in [5.41, 5.74) is 5.44. The van der Waals surface area contributed by atoms with Gasteiger partial charge in [-0.25, -0.2) is 4.79 Å². The molecule has 0 radical (unpaired) electrons. The summed E-state index contributed by atoms with van der Waals surface area (Å²) in [5.74, 6) is 1.98. The number of carbonyl (C=O) groups excluding carboxylic acids is 1. The van der Waals surface area contributed by atoms with E-state index >= 15 is 0 Å². The Kier molecular flexibility index (Phi) is 3.85. The number of hydrogen-bond acceptors (Lipinski definition) is 3. The fourth-order valence-corrected chi connectivity index (χ4v) is 2.87. The predicted molar refractivity (Wildman–Crippen MR) is 71.2 cm³/mol. The molecule has 0 aromatic carbocycles. The monoisotopic (exact) mass is 254 g/mol. The van der Waals surface area contributed by atoms with Crippen LogP contribution in [0, 0.1) is 17.8 Å². The number of rotatable bonds is 2. The van der Waals surface area contributed by atoms with E-state index in [0.29, 0.717) is 11.8 Å². The highest BCUT2D eigenvalue weighted by Gasteiger charge is 2.41. The second kappa shape index (κ2) is 5.08. The van der Waals surface area contributed by atoms with Crippen LogP contribution >= 0.6 is 0 Å². The van der Waals surface area contributed by atoms with Crippen molar-refractivity contribution in [3.05, 3.63) is 0 Å². The number of nitrogens with two attached hydrogens (primary N) is 1. The van der Waals surface area contributed by atoms with E-state index in [1.54, 1.807) is 0 Å². The molecule has 1 aliphatic heterocycles. The van der Waals surface area contributed by atoms with Crippen LogP contribution < -0.4 is 5.73 Å². The van der Waals surface area contributed by atoms with E-state index in [-0.39, 0.29) is 6.09 Å². The molecule has 2 atom stereocenters. The Balaban J connectivity index is 1.93. The fraction of sp³-hybridized carbons (Fsp3) is 0.929. The molecule has 0 unspecified atom stereocenters. The van der Waals surface area contributed by atoms with Crippen LogP contribution in [0.4, 0.5) is 4.79 Å². The zero-order chi connectivity index (χ0) is 13.3. The minimum atomic E-state index is -0.406. The number of nitrogens with zero attached hydrogens (tertiary/aromatic N) is 1. The van der Waals surface area contributed by atoms with Crippen molar-refractivity contribution in [2.45, 2.75) is 45.6 Å². The summed E-state index contributed by atoms with van der Waals surface area (Å²) in [6.07, 6.45) is 3.48. The van der Waals surface area contributed by atoms with E-state index in [9.17, 15) is 4.79 Å². The Labute approximate surface area is 110 Å². The van der Waals surface area contributed by atoms with E-state index in [4.69, 9.17) is 10.5 Å². The lowest BCUT2D eigenvalue weighted by molar-refractivity contribution is 0.00875. The van der Waals surface area contributed by atoms with Crippen molar-refractivity contribution in [1.82, 2.24) is 4.90 Å². The van der Waals surface area contributed by atoms with Crippen molar-refractivity contribution >= 4 is 6.09 Å². The van der Waals surface area contributed by atoms with E-state index in [1.165, 1.54) is 12.8 Å². The Hall–Kier alpha value is -0.770. The highest BCUT2D eigenvalue weighted by atomic mass is 16.6. The average molecular weight is 254 g/mol. The second-order valence-corrected chi connectivity index (χ2v) is 6.71. The highest BCUT2D eigenvalue weighted by molar-refractivity contribution is 5.68. The minimum Gasteiger partial charge on any atom is -0.444 e. The summed E-state index contributed by atoms with van der Waals surface area (Å²) in [6, 6.07) is 0. The maximum atomic E-state index is 12.1. The fourth-order valence-electron chi connectivity index (χ4n) is 2.87. The lowest BCUT2D eigenvalue weighted by Gasteiger charge is -2.39. The molecule has 4 heteroatoms. The zero-order valence-corrected chi connectivity index (χ0v) is 11.8. The van der Waals surface area contributed by atoms with Crippen molar-refractivity contribution in [1.29, 1.82) is 0 Å². The van der Waals surface area contributed by atoms with Gasteiger partial charge in [0.25, 0.3) is 0 Å². The van der Waals surface area contributed by atoms with Crippen LogP contribution in [-0.4, -0.2) is 36.2 Å². The van der Waals surface area contributed by atoms with Crippen molar-refractivity contribution in [3.63, 3.8) is 0 Å². The molecule has 1 amide bonds. The summed E-state index contributed by atoms with van der Waals surface area (Å²) in [6.45, 7) is 8.12. The molecule has 2 N–H and O–H groups in total. The largest absolute Gasteiger partial charge is 0.444 e. The van der Waals surface area contributed by atoms with Gasteiger partial charge in [0.1, 0.15) is 5.60 Å². The summed E-state index contributed by atoms with van der Waals surface area (Å²) in [7, 11) is 0. The summed E-state index contributed by atoms with van der Waals surface area (Å²) in [5, 5.41) is 0. The van der Waals surface area contributed by atoms with Gasteiger partial charge in [-0.2, -0.15) is 0 Å². The maximum Gasteiger partial charge on any atom is 0.410 e. The SMILES string of the molecule is CC(C)(C)OC(=O)N1CC[C@H](CN)[C@@H](C2CC2)C1. The molecule has 18 heavy (non-hydrogen) atoms. The molecule has 4 nitrogen and oxygen atoms in total. The first kappa shape index (κ1) is 13.7. The summed E-state index contributed by atoms with van der Waals surface area (Å²) in [4.78, 5) is 13.9. The summed E-state index contributed by atoms with van der Waals surface area (Å²) < 4.78 is 5.45. The van der Waals surface area contributed by atoms with E-state index in [0.717, 1.165) is 32.0 Å². The van der Waals surface area contributed by atoms with Crippen molar-refractivity contribution in [2.24, 2.45) is 23.5 Å². The van der Waals surface area contributed by atoms with Gasteiger partial charge in [0, 0.05) is 13.1 Å². The molecule has 104 valence electrons. The van der Waals surface area contributed by atoms with E-state index in [1.807, 2.05) is 25.7 Å². The Bertz CT molecular complexity index is 307. The van der Waals surface area contributed by atoms with Crippen LogP contribution in [-0.2, 0) is 4.74 Å². The van der Waals surface area contributed by atoms with Gasteiger partial charge in [0.2, 0.25) is 0 Å². The molecule has 0 aromatic heterocycles. The Morgan fingerprint density at radius 3 is 2.50 bits per heavy atom. The molecular formula is C14H26N2O2. The van der Waals surface area contributed by atoms with Gasteiger partial charge in [-0.15, -0.1) is 0 Å². The molecule has 2 rings (SSSR count). The quantitative estimate of drug-likeness (QED) is 0.822. The zero-order valence-electron chi connectivity index (χ0n) is 11.8. The van der Waals surface area contributed by atoms with Crippen LogP contribution in [0.2, 0.25) is 0 Å². The van der Waals surface area contributed by atoms with Gasteiger partial charge in [-0.1, -0.05) is 0 Å². The third-order valence-electron chi connectivity index (χ3n) is 3.99. The number of likely N-dealkylation sites (tertiary alicyclic amines) is 1. The molecule has 0 aromatic rings. The van der Waals surface area contributed by atoms with E-state index < -0.39 is 5.60 Å². The lowest BCUT2D eigenvalue weighted by Crippen LogP contribution is -2.48. The number of amides is 1. The molecule has 1 saturated heterocycles. The predicted octanol–water partition coefficient (Wildman–Crippen LogP) is 2.23. The third kappa shape index (κ3) is 3.37. The molecular weight excluding hydrogens is 228 g/mol. The van der Waals surface area contributed by atoms with Gasteiger partial charge in [-0.3, -0.25) is 0 Å². The molecule has 1 aliphatic carbocycles. The Morgan fingerprint density at radius 2 is 2.00 bits per heavy atom. The second-order valence-electron chi connectivity index (χ2n) is 6.71. The van der Waals surface area contributed by atoms with Gasteiger partial charge in [0.05, 0.1) is 0 Å². The van der Waals surface area contributed by atoms with Crippen molar-refractivity contribution in [2.75, 3.05) is 19.6 Å². The topological polar surface area (TPSA) is 55.6 Å². The van der Waals surface area contributed by atoms with Crippen LogP contribution in [0.15, 0.2) is 0 Å². The first-order valence-corrected chi connectivity index (χ1v) is 7.08. The van der Waals surface area contributed by atoms with Crippen LogP contribution in [0.1, 0.15) is 40.0 Å². The van der Waals surface area contributed by atoms with Crippen LogP contribution in [0.5, 0.6) is 0 Å². The smallest absolute Gasteiger partial charge is 0.410 e. The maximum absolute atomic E-state index is 12.1. The van der Waals surface area contributed by atoms with Crippen LogP contribution in [0.3, 0.4) is 0 Å². The molecule has 1 heterocycles. The van der Waals surface area contributed by atoms with E-state index in [2.05, 4.69) is 0 Å². The van der Waals surface area contributed by atoms with Gasteiger partial charge in [-0.05, 0) is 64.3 Å². The first-order chi connectivity index (χ1) is 8.40. The molecule has 1 saturated carbocycles. The Morgan fingerprint density at radius 1 is 1.33 bits per heavy atom. The van der Waals surface area contributed by atoms with Gasteiger partial charge >= 0.3 is 6.09 Å². The average Bonchev–Trinajstić information content (AvgIpc) is 3.09. The standard InChI is InChI=1S/C14H26N2O2/c1-14(2,3)18-13(17)16-7-6-11(8-15)12(9-16)10-4-5-10/h10-12H,4-9,15H2,1-3H3/t11-,12-/m1/s1. The number of ether oxygens (including phenoxy) is 1. The minimum absolute atomic E-state index is 0.163. The van der Waals surface area contributed by atoms with Gasteiger partial charge < -0.3 is 15.4 Å². The van der Waals surface area contributed by atoms with Gasteiger partial charge in [0.15, 0.2) is 0 Å². The number of carbonyl (C=O) groups is 1. The first-order valence-electron chi connectivity index (χ1n) is 7.08. The lowest BCUT2D eigenvalue weighted by atomic mass is 9.82. The summed E-state index contributed by atoms with van der Waals surface area (Å²) >= 11 is 0. The molecule has 2 fully saturated rings. The van der Waals surface area contributed by atoms with Crippen LogP contribution in [0.25, 0.3) is 0 Å². The number of piperidine rings is 1. The molecule has 0 bridgehead atoms. The van der Waals surface area contributed by atoms with Crippen molar-refractivity contribution < 1.29 is 9.53 Å². The highest BCUT2D eigenvalue weighted by Crippen LogP contribution is 2.43. The third-order valence-corrected chi connectivity index (χ3v) is 3.99. The normalized spacial score (nSPS) is 29.2. The number of hydrogen-bond donors (Lipinski definition) is 1. The molecule has 0 spiro atoms. The molecule has 2 aliphatic rings.